The van der Waals surface area contributed by atoms with Gasteiger partial charge in [0.1, 0.15) is 74.7 Å². The van der Waals surface area contributed by atoms with Crippen molar-refractivity contribution >= 4 is 76.9 Å². The minimum absolute atomic E-state index is 0. The number of morpholine rings is 3. The summed E-state index contributed by atoms with van der Waals surface area (Å²) in [4.78, 5) is 120. The van der Waals surface area contributed by atoms with Gasteiger partial charge in [-0.25, -0.2) is 40.7 Å². The molecule has 0 aliphatic carbocycles. The summed E-state index contributed by atoms with van der Waals surface area (Å²) in [5, 5.41) is 17.5. The Morgan fingerprint density at radius 3 is 1.06 bits per heavy atom. The fourth-order valence-corrected chi connectivity index (χ4v) is 18.4. The number of aryl methyl sites for hydroxylation is 6. The molecular formula is C101H118BClF6LiN9O22. The number of carbonyl (C=O) groups excluding carboxylic acids is 5. The molecule has 3 aromatic heterocycles. The predicted octanol–water partition coefficient (Wildman–Crippen LogP) is 8.04. The number of aromatic nitrogens is 3. The smallest absolute Gasteiger partial charge is 0.870 e. The molecule has 141 heavy (non-hydrogen) atoms. The fourth-order valence-electron chi connectivity index (χ4n) is 18.2. The maximum atomic E-state index is 15.2. The van der Waals surface area contributed by atoms with Gasteiger partial charge in [0, 0.05) is 112 Å². The normalized spacial score (nSPS) is 17.6. The van der Waals surface area contributed by atoms with E-state index in [0.29, 0.717) is 117 Å². The average molecular weight is 1980 g/mol. The van der Waals surface area contributed by atoms with Gasteiger partial charge in [0.15, 0.2) is 0 Å². The first-order chi connectivity index (χ1) is 65.3. The van der Waals surface area contributed by atoms with E-state index in [-0.39, 0.29) is 116 Å². The Morgan fingerprint density at radius 1 is 0.447 bits per heavy atom. The van der Waals surface area contributed by atoms with E-state index >= 15 is 26.3 Å². The van der Waals surface area contributed by atoms with Gasteiger partial charge in [-0.3, -0.25) is 28.8 Å². The number of nitrogens with zero attached hydrogens (tertiary/aromatic N) is 6. The number of methoxy groups -OCH3 is 2. The molecule has 6 aromatic carbocycles. The van der Waals surface area contributed by atoms with Crippen molar-refractivity contribution in [1.82, 2.24) is 29.7 Å². The number of ether oxygens (including phenoxy) is 8. The molecule has 4 saturated heterocycles. The van der Waals surface area contributed by atoms with E-state index in [1.165, 1.54) is 18.8 Å². The number of carbonyl (C=O) groups is 6. The van der Waals surface area contributed by atoms with Crippen LogP contribution in [0.2, 0.25) is 5.02 Å². The van der Waals surface area contributed by atoms with Gasteiger partial charge in [-0.1, -0.05) is 48.0 Å². The second kappa shape index (κ2) is 46.7. The van der Waals surface area contributed by atoms with Gasteiger partial charge in [0.05, 0.1) is 116 Å². The molecular weight excluding hydrogens is 1860 g/mol. The first kappa shape index (κ1) is 111. The van der Waals surface area contributed by atoms with Gasteiger partial charge in [-0.05, 0) is 228 Å². The van der Waals surface area contributed by atoms with Crippen LogP contribution in [0, 0.1) is 76.4 Å². The van der Waals surface area contributed by atoms with E-state index in [9.17, 15) is 48.3 Å². The number of nitrogens with one attached hydrogen (secondary N) is 3. The van der Waals surface area contributed by atoms with Gasteiger partial charge < -0.3 is 108 Å². The Hall–Kier alpha value is -11.5. The Balaban J connectivity index is 0.000000204. The van der Waals surface area contributed by atoms with E-state index in [1.807, 2.05) is 136 Å². The van der Waals surface area contributed by atoms with E-state index in [4.69, 9.17) is 58.8 Å². The predicted molar refractivity (Wildman–Crippen MR) is 511 cm³/mol. The summed E-state index contributed by atoms with van der Waals surface area (Å²) in [6, 6.07) is 19.0. The fraction of sp³-hybridized carbons (Fsp3) is 0.436. The van der Waals surface area contributed by atoms with Crippen LogP contribution in [-0.4, -0.2) is 193 Å². The zero-order valence-electron chi connectivity index (χ0n) is 82.4. The van der Waals surface area contributed by atoms with Crippen LogP contribution in [0.15, 0.2) is 105 Å². The summed E-state index contributed by atoms with van der Waals surface area (Å²) in [7, 11) is 6.91. The molecule has 10 heterocycles. The number of pyridine rings is 3. The molecule has 0 unspecified atom stereocenters. The molecule has 7 aliphatic heterocycles. The molecule has 0 saturated carbocycles. The maximum absolute atomic E-state index is 15.2. The summed E-state index contributed by atoms with van der Waals surface area (Å²) in [5.41, 5.74) is 12.4. The number of carboxylic acids is 1. The molecule has 7 aliphatic rings. The number of aliphatic carboxylic acids is 1. The number of rotatable bonds is 21. The summed E-state index contributed by atoms with van der Waals surface area (Å²) < 4.78 is 151. The summed E-state index contributed by atoms with van der Waals surface area (Å²) in [5.74, 6) is -12.5. The Bertz CT molecular complexity index is 6350. The van der Waals surface area contributed by atoms with Crippen LogP contribution in [0.4, 0.5) is 43.4 Å². The van der Waals surface area contributed by atoms with Crippen molar-refractivity contribution in [3.8, 4) is 22.3 Å². The number of benzene rings is 6. The van der Waals surface area contributed by atoms with Crippen molar-refractivity contribution in [1.29, 1.82) is 0 Å². The van der Waals surface area contributed by atoms with Crippen molar-refractivity contribution < 1.29 is 137 Å². The third-order valence-electron chi connectivity index (χ3n) is 27.0. The van der Waals surface area contributed by atoms with Gasteiger partial charge in [-0.2, -0.15) is 0 Å². The SMILES string of the molecule is COC(=O)[C@H](Cc1ccc(-c2c(C)cc(C)n(C)c2=O)c2c1COC2)NC(=O)c1c(F)cc(N2CCOC[C@@H]2C)cc1F.COC(=O)[C@H](Cc1ccc(B2OC(C)(C)C(C)(C)O2)c2c1COC2)NC(=O)c1c(F)cc(N2CCOC[C@@H]2C)cc1F.Cc1cc(C)n(C)c(=O)c1-c1ccc(C[C@H](NC(=O)c2c(F)cc(N3CCOC[C@@H]3C)cc2F)C(=O)O)c2c1COC2.Cc1cc(C)n(C)c(=O)c1Cl.O.[Li+].[OH-]. The number of fused-ring (bicyclic) bond motifs is 3. The monoisotopic (exact) mass is 1980 g/mol. The van der Waals surface area contributed by atoms with Crippen LogP contribution in [0.1, 0.15) is 163 Å². The molecule has 6 atom stereocenters. The van der Waals surface area contributed by atoms with E-state index in [1.54, 1.807) is 53.4 Å². The minimum Gasteiger partial charge on any atom is -0.870 e. The largest absolute Gasteiger partial charge is 1.00 e. The van der Waals surface area contributed by atoms with Crippen molar-refractivity contribution in [2.45, 2.75) is 196 Å². The Kier molecular flexibility index (Phi) is 36.9. The van der Waals surface area contributed by atoms with E-state index in [0.717, 1.165) is 120 Å². The molecule has 40 heteroatoms. The average Bonchev–Trinajstić information content (AvgIpc) is 1.60. The van der Waals surface area contributed by atoms with Crippen molar-refractivity contribution in [2.75, 3.05) is 88.2 Å². The first-order valence-electron chi connectivity index (χ1n) is 45.3. The number of amides is 3. The quantitative estimate of drug-likeness (QED) is 0.0300. The Labute approximate surface area is 829 Å². The van der Waals surface area contributed by atoms with Gasteiger partial charge in [-0.15, -0.1) is 0 Å². The second-order valence-electron chi connectivity index (χ2n) is 36.6. The molecule has 3 amide bonds. The zero-order valence-corrected chi connectivity index (χ0v) is 83.2. The van der Waals surface area contributed by atoms with Crippen molar-refractivity contribution in [3.63, 3.8) is 0 Å². The third kappa shape index (κ3) is 23.9. The summed E-state index contributed by atoms with van der Waals surface area (Å²) >= 11 is 5.72. The number of anilines is 3. The molecule has 752 valence electrons. The standard InChI is InChI=1S/C32H35F2N3O6.C31H33F2N3O6.C30H37BF2N2O7.C8H10ClNO.Li.2H2O/c1-17-10-18(2)36(4)31(39)28(17)22-7-6-20(23-15-43-16-24(22)23)11-27(32(40)41-5)35-30(38)29-25(33)12-21(13-26(29)34)37-8-9-42-14-19(37)3;1-16-9-17(2)35(4)30(38)27(16)21-6-5-19(22-14-42-15-23(21)22)10-26(31(39)40)34-29(37)28-24(32)11-20(12-25(28)33)36-7-8-41-13-18(36)3;1-17-14-39-10-9-35(17)19-12-23(32)26(24(33)13-19)27(36)34-25(28(37)38-6)11-18-7-8-22(21-16-40-15-20(18)21)31-41-29(2,3)30(4,5)42-31;1-5-4-6(2)10(3)8(11)7(5)9;;;/h6-7,10,12-13,19,27H,8-9,11,14-16H2,1-5H3,(H,35,38);5-6,9,11-12,18,26H,7-8,10,13-15H2,1-4H3,(H,34,37)(H,39,40);7-8,12-13,17,25H,9-11,14-16H2,1-6H3,(H,34,36);4H,1-3H3;;2*1H2/q;;;;+1;;/p-1/t19-,27-;18-,26-;17-,25-;;;;/m000..../s1. The van der Waals surface area contributed by atoms with Crippen molar-refractivity contribution in [3.05, 3.63) is 263 Å². The number of halogens is 7. The van der Waals surface area contributed by atoms with Crippen LogP contribution < -0.4 is 71.7 Å². The molecule has 0 spiro atoms. The Morgan fingerprint density at radius 2 is 0.738 bits per heavy atom. The third-order valence-corrected chi connectivity index (χ3v) is 27.4. The molecule has 16 rings (SSSR count). The molecule has 0 radical (unpaired) electrons. The van der Waals surface area contributed by atoms with Gasteiger partial charge in [0.2, 0.25) is 0 Å². The number of carboxylic acid groups (broad SMARTS) is 1. The zero-order chi connectivity index (χ0) is 100. The van der Waals surface area contributed by atoms with Crippen LogP contribution in [-0.2, 0) is 142 Å². The molecule has 4 fully saturated rings. The maximum Gasteiger partial charge on any atom is 1.00 e. The number of hydrogen-bond donors (Lipinski definition) is 4. The van der Waals surface area contributed by atoms with Gasteiger partial charge >= 0.3 is 43.9 Å². The topological polar surface area (TPSA) is 388 Å². The van der Waals surface area contributed by atoms with Crippen molar-refractivity contribution in [2.24, 2.45) is 21.1 Å². The van der Waals surface area contributed by atoms with Crippen LogP contribution in [0.5, 0.6) is 0 Å². The van der Waals surface area contributed by atoms with Crippen LogP contribution in [0.3, 0.4) is 0 Å². The first-order valence-corrected chi connectivity index (χ1v) is 45.7. The van der Waals surface area contributed by atoms with E-state index < -0.39 is 124 Å². The van der Waals surface area contributed by atoms with Crippen LogP contribution in [0.25, 0.3) is 22.3 Å². The van der Waals surface area contributed by atoms with Gasteiger partial charge in [0.25, 0.3) is 34.4 Å². The molecule has 9 aromatic rings. The molecule has 31 nitrogen and oxygen atoms in total. The number of hydrogen-bond acceptors (Lipinski definition) is 23. The minimum atomic E-state index is -1.47. The van der Waals surface area contributed by atoms with Crippen LogP contribution >= 0.6 is 11.6 Å². The summed E-state index contributed by atoms with van der Waals surface area (Å²) in [6.45, 7) is 30.2. The molecule has 7 N–H and O–H groups in total. The number of esters is 2. The molecule has 0 bridgehead atoms. The second-order valence-corrected chi connectivity index (χ2v) is 37.0. The summed E-state index contributed by atoms with van der Waals surface area (Å²) in [6.07, 6.45) is -0.132. The van der Waals surface area contributed by atoms with E-state index in [2.05, 4.69) is 16.0 Å².